The molecule has 7 heteroatoms. The molecule has 2 aliphatic rings. The van der Waals surface area contributed by atoms with Crippen molar-refractivity contribution in [3.63, 3.8) is 0 Å². The molecule has 0 amide bonds. The number of alkyl halides is 1. The summed E-state index contributed by atoms with van der Waals surface area (Å²) >= 11 is 6.39. The fraction of sp³-hybridized carbons (Fsp3) is 0.692. The molecule has 0 aromatic rings. The maximum absolute atomic E-state index is 10.9. The molecule has 1 fully saturated rings. The molecule has 6 nitrogen and oxygen atoms in total. The van der Waals surface area contributed by atoms with Crippen LogP contribution in [0.4, 0.5) is 0 Å². The number of aliphatic hydroxyl groups excluding tert-OH is 1. The van der Waals surface area contributed by atoms with E-state index in [-0.39, 0.29) is 12.0 Å². The average molecular weight is 302 g/mol. The molecule has 0 aromatic heterocycles. The van der Waals surface area contributed by atoms with Crippen molar-refractivity contribution in [1.29, 1.82) is 0 Å². The molecule has 1 heterocycles. The molecule has 1 saturated carbocycles. The maximum Gasteiger partial charge on any atom is 0.306 e. The van der Waals surface area contributed by atoms with Crippen molar-refractivity contribution < 1.29 is 15.0 Å². The van der Waals surface area contributed by atoms with Gasteiger partial charge in [-0.15, -0.1) is 0 Å². The molecular weight excluding hydrogens is 282 g/mol. The number of hydrogen-bond acceptors (Lipinski definition) is 5. The summed E-state index contributed by atoms with van der Waals surface area (Å²) in [6, 6.07) is 0.129. The SMILES string of the molecule is CC(O)C1=CC(Cl)(NC2CCC(C(=O)O)CC2)N=CN1. The summed E-state index contributed by atoms with van der Waals surface area (Å²) in [6.07, 6.45) is 5.28. The Hall–Kier alpha value is -1.11. The molecule has 0 bridgehead atoms. The van der Waals surface area contributed by atoms with Crippen LogP contribution in [0.15, 0.2) is 16.8 Å². The van der Waals surface area contributed by atoms with E-state index < -0.39 is 17.2 Å². The molecule has 2 atom stereocenters. The highest BCUT2D eigenvalue weighted by atomic mass is 35.5. The van der Waals surface area contributed by atoms with E-state index in [0.29, 0.717) is 18.5 Å². The Morgan fingerprint density at radius 3 is 2.75 bits per heavy atom. The summed E-state index contributed by atoms with van der Waals surface area (Å²) in [6.45, 7) is 1.65. The molecule has 0 aromatic carbocycles. The number of hydrogen-bond donors (Lipinski definition) is 4. The Morgan fingerprint density at radius 2 is 2.20 bits per heavy atom. The van der Waals surface area contributed by atoms with Gasteiger partial charge in [0.25, 0.3) is 0 Å². The lowest BCUT2D eigenvalue weighted by Gasteiger charge is -2.34. The monoisotopic (exact) mass is 301 g/mol. The molecule has 112 valence electrons. The topological polar surface area (TPSA) is 94.0 Å². The van der Waals surface area contributed by atoms with Gasteiger partial charge >= 0.3 is 5.97 Å². The Bertz CT molecular complexity index is 431. The number of aliphatic hydroxyl groups is 1. The van der Waals surface area contributed by atoms with Crippen LogP contribution in [0.25, 0.3) is 0 Å². The van der Waals surface area contributed by atoms with Crippen LogP contribution in [-0.2, 0) is 4.79 Å². The van der Waals surface area contributed by atoms with Crippen LogP contribution in [0.2, 0.25) is 0 Å². The van der Waals surface area contributed by atoms with E-state index in [0.717, 1.165) is 12.8 Å². The van der Waals surface area contributed by atoms with E-state index in [1.165, 1.54) is 6.34 Å². The molecule has 20 heavy (non-hydrogen) atoms. The van der Waals surface area contributed by atoms with Crippen LogP contribution in [0.1, 0.15) is 32.6 Å². The fourth-order valence-electron chi connectivity index (χ4n) is 2.58. The zero-order valence-electron chi connectivity index (χ0n) is 11.3. The Labute approximate surface area is 122 Å². The number of carbonyl (C=O) groups is 1. The van der Waals surface area contributed by atoms with Crippen LogP contribution in [0.5, 0.6) is 0 Å². The lowest BCUT2D eigenvalue weighted by molar-refractivity contribution is -0.142. The highest BCUT2D eigenvalue weighted by Gasteiger charge is 2.33. The molecule has 2 unspecified atom stereocenters. The third-order valence-electron chi connectivity index (χ3n) is 3.76. The summed E-state index contributed by atoms with van der Waals surface area (Å²) in [5.41, 5.74) is 0.599. The van der Waals surface area contributed by atoms with Crippen molar-refractivity contribution in [1.82, 2.24) is 10.6 Å². The third kappa shape index (κ3) is 3.71. The van der Waals surface area contributed by atoms with E-state index >= 15 is 0 Å². The van der Waals surface area contributed by atoms with E-state index in [2.05, 4.69) is 15.6 Å². The molecule has 0 spiro atoms. The largest absolute Gasteiger partial charge is 0.481 e. The molecule has 0 radical (unpaired) electrons. The normalized spacial score (nSPS) is 35.0. The van der Waals surface area contributed by atoms with Crippen molar-refractivity contribution in [2.45, 2.75) is 49.9 Å². The highest BCUT2D eigenvalue weighted by Crippen LogP contribution is 2.28. The molecular formula is C13H20ClN3O3. The van der Waals surface area contributed by atoms with Gasteiger partial charge < -0.3 is 15.5 Å². The highest BCUT2D eigenvalue weighted by molar-refractivity contribution is 6.25. The molecule has 4 N–H and O–H groups in total. The molecule has 2 rings (SSSR count). The van der Waals surface area contributed by atoms with E-state index in [9.17, 15) is 9.90 Å². The van der Waals surface area contributed by atoms with Crippen molar-refractivity contribution >= 4 is 23.9 Å². The number of nitrogens with zero attached hydrogens (tertiary/aromatic N) is 1. The zero-order valence-corrected chi connectivity index (χ0v) is 12.1. The van der Waals surface area contributed by atoms with Crippen molar-refractivity contribution in [3.8, 4) is 0 Å². The standard InChI is InChI=1S/C13H20ClN3O3/c1-8(18)11-6-13(14,16-7-15-11)17-10-4-2-9(3-5-10)12(19)20/h6-10,17-18H,2-5H2,1H3,(H,15,16)(H,19,20). The van der Waals surface area contributed by atoms with Crippen molar-refractivity contribution in [3.05, 3.63) is 11.8 Å². The summed E-state index contributed by atoms with van der Waals surface area (Å²) < 4.78 is 0. The van der Waals surface area contributed by atoms with Gasteiger partial charge in [0.1, 0.15) is 0 Å². The fourth-order valence-corrected chi connectivity index (χ4v) is 2.90. The minimum Gasteiger partial charge on any atom is -0.481 e. The molecule has 0 saturated heterocycles. The number of aliphatic imine (C=N–C) groups is 1. The second-order valence-electron chi connectivity index (χ2n) is 5.38. The van der Waals surface area contributed by atoms with Crippen LogP contribution in [0, 0.1) is 5.92 Å². The summed E-state index contributed by atoms with van der Waals surface area (Å²) in [5, 5.41) is 23.5. The first-order valence-corrected chi connectivity index (χ1v) is 7.18. The predicted octanol–water partition coefficient (Wildman–Crippen LogP) is 1.01. The maximum atomic E-state index is 10.9. The number of nitrogens with one attached hydrogen (secondary N) is 2. The number of carboxylic acids is 1. The van der Waals surface area contributed by atoms with E-state index in [1.807, 2.05) is 0 Å². The van der Waals surface area contributed by atoms with Crippen molar-refractivity contribution in [2.24, 2.45) is 10.9 Å². The predicted molar refractivity (Wildman–Crippen MR) is 76.5 cm³/mol. The Balaban J connectivity index is 1.95. The first kappa shape index (κ1) is 15.3. The van der Waals surface area contributed by atoms with Gasteiger partial charge in [-0.1, -0.05) is 11.6 Å². The van der Waals surface area contributed by atoms with Gasteiger partial charge in [0.15, 0.2) is 0 Å². The molecule has 1 aliphatic carbocycles. The van der Waals surface area contributed by atoms with Crippen LogP contribution >= 0.6 is 11.6 Å². The first-order chi connectivity index (χ1) is 9.39. The number of halogens is 1. The van der Waals surface area contributed by atoms with Gasteiger partial charge in [-0.2, -0.15) is 0 Å². The van der Waals surface area contributed by atoms with Gasteiger partial charge in [0.2, 0.25) is 5.12 Å². The minimum absolute atomic E-state index is 0.129. The number of carboxylic acid groups (broad SMARTS) is 1. The third-order valence-corrected chi connectivity index (χ3v) is 4.08. The lowest BCUT2D eigenvalue weighted by atomic mass is 9.86. The second kappa shape index (κ2) is 6.11. The van der Waals surface area contributed by atoms with Crippen LogP contribution in [-0.4, -0.2) is 39.8 Å². The van der Waals surface area contributed by atoms with Gasteiger partial charge in [0.05, 0.1) is 18.4 Å². The first-order valence-electron chi connectivity index (χ1n) is 6.80. The lowest BCUT2D eigenvalue weighted by Crippen LogP contribution is -2.48. The van der Waals surface area contributed by atoms with Crippen LogP contribution < -0.4 is 10.6 Å². The van der Waals surface area contributed by atoms with Gasteiger partial charge in [-0.05, 0) is 38.7 Å². The van der Waals surface area contributed by atoms with Gasteiger partial charge in [0, 0.05) is 11.7 Å². The second-order valence-corrected chi connectivity index (χ2v) is 5.96. The summed E-state index contributed by atoms with van der Waals surface area (Å²) in [4.78, 5) is 15.1. The Morgan fingerprint density at radius 1 is 1.55 bits per heavy atom. The minimum atomic E-state index is -1.07. The van der Waals surface area contributed by atoms with Crippen molar-refractivity contribution in [2.75, 3.05) is 0 Å². The number of rotatable bonds is 4. The van der Waals surface area contributed by atoms with E-state index in [4.69, 9.17) is 16.7 Å². The smallest absolute Gasteiger partial charge is 0.306 e. The summed E-state index contributed by atoms with van der Waals surface area (Å²) in [7, 11) is 0. The summed E-state index contributed by atoms with van der Waals surface area (Å²) in [5.74, 6) is -0.973. The number of aliphatic carboxylic acids is 1. The average Bonchev–Trinajstić information content (AvgIpc) is 2.38. The van der Waals surface area contributed by atoms with Crippen LogP contribution in [0.3, 0.4) is 0 Å². The molecule has 1 aliphatic heterocycles. The quantitative estimate of drug-likeness (QED) is 0.459. The van der Waals surface area contributed by atoms with Gasteiger partial charge in [-0.3, -0.25) is 10.1 Å². The van der Waals surface area contributed by atoms with E-state index in [1.54, 1.807) is 13.0 Å². The van der Waals surface area contributed by atoms with Gasteiger partial charge in [-0.25, -0.2) is 4.99 Å². The Kier molecular flexibility index (Phi) is 4.67. The zero-order chi connectivity index (χ0) is 14.8.